The fraction of sp³-hybridized carbons (Fsp3) is 0.571. The van der Waals surface area contributed by atoms with E-state index in [0.29, 0.717) is 19.6 Å². The van der Waals surface area contributed by atoms with Crippen LogP contribution in [0.15, 0.2) is 18.2 Å². The van der Waals surface area contributed by atoms with Gasteiger partial charge in [0.25, 0.3) is 0 Å². The van der Waals surface area contributed by atoms with Gasteiger partial charge in [-0.1, -0.05) is 6.07 Å². The standard InChI is InChI=1S/C14H19FO2/c1-10-3-4-13(15)7-11(10)8-14(2,16)12-5-6-17-9-12/h3-4,7,12,16H,5-6,8-9H2,1-2H3. The van der Waals surface area contributed by atoms with Crippen molar-refractivity contribution in [1.82, 2.24) is 0 Å². The summed E-state index contributed by atoms with van der Waals surface area (Å²) in [5.41, 5.74) is 1.07. The molecular formula is C14H19FO2. The lowest BCUT2D eigenvalue weighted by Crippen LogP contribution is -2.37. The Kier molecular flexibility index (Phi) is 3.50. The van der Waals surface area contributed by atoms with E-state index < -0.39 is 5.60 Å². The highest BCUT2D eigenvalue weighted by atomic mass is 19.1. The van der Waals surface area contributed by atoms with E-state index in [4.69, 9.17) is 4.74 Å². The highest BCUT2D eigenvalue weighted by Gasteiger charge is 2.35. The Hall–Kier alpha value is -0.930. The van der Waals surface area contributed by atoms with Crippen LogP contribution in [-0.2, 0) is 11.2 Å². The molecule has 0 aliphatic carbocycles. The summed E-state index contributed by atoms with van der Waals surface area (Å²) in [5.74, 6) is -0.103. The normalized spacial score (nSPS) is 23.6. The Labute approximate surface area is 101 Å². The van der Waals surface area contributed by atoms with Gasteiger partial charge in [-0.25, -0.2) is 4.39 Å². The maximum absolute atomic E-state index is 13.2. The molecule has 94 valence electrons. The Morgan fingerprint density at radius 3 is 2.94 bits per heavy atom. The number of halogens is 1. The highest BCUT2D eigenvalue weighted by Crippen LogP contribution is 2.30. The fourth-order valence-corrected chi connectivity index (χ4v) is 2.39. The van der Waals surface area contributed by atoms with Crippen molar-refractivity contribution in [3.8, 4) is 0 Å². The van der Waals surface area contributed by atoms with Crippen LogP contribution < -0.4 is 0 Å². The zero-order valence-corrected chi connectivity index (χ0v) is 10.4. The van der Waals surface area contributed by atoms with Crippen molar-refractivity contribution in [3.05, 3.63) is 35.1 Å². The second-order valence-corrected chi connectivity index (χ2v) is 5.17. The molecule has 1 aliphatic heterocycles. The summed E-state index contributed by atoms with van der Waals surface area (Å²) in [6.07, 6.45) is 1.35. The summed E-state index contributed by atoms with van der Waals surface area (Å²) >= 11 is 0. The van der Waals surface area contributed by atoms with Gasteiger partial charge in [0.2, 0.25) is 0 Å². The molecule has 1 aromatic carbocycles. The Balaban J connectivity index is 2.15. The van der Waals surface area contributed by atoms with E-state index in [2.05, 4.69) is 0 Å². The number of hydrogen-bond donors (Lipinski definition) is 1. The first-order valence-electron chi connectivity index (χ1n) is 6.04. The van der Waals surface area contributed by atoms with Crippen molar-refractivity contribution in [3.63, 3.8) is 0 Å². The third-order valence-electron chi connectivity index (χ3n) is 3.67. The van der Waals surface area contributed by atoms with Crippen LogP contribution in [0.5, 0.6) is 0 Å². The van der Waals surface area contributed by atoms with Crippen molar-refractivity contribution in [2.24, 2.45) is 5.92 Å². The summed E-state index contributed by atoms with van der Waals surface area (Å²) in [5, 5.41) is 10.5. The van der Waals surface area contributed by atoms with Crippen LogP contribution in [0, 0.1) is 18.7 Å². The molecule has 0 saturated carbocycles. The van der Waals surface area contributed by atoms with Gasteiger partial charge in [-0.2, -0.15) is 0 Å². The largest absolute Gasteiger partial charge is 0.389 e. The van der Waals surface area contributed by atoms with Gasteiger partial charge in [-0.05, 0) is 43.5 Å². The molecule has 17 heavy (non-hydrogen) atoms. The van der Waals surface area contributed by atoms with Gasteiger partial charge < -0.3 is 9.84 Å². The third kappa shape index (κ3) is 2.85. The van der Waals surface area contributed by atoms with E-state index in [1.54, 1.807) is 6.07 Å². The molecule has 2 rings (SSSR count). The summed E-state index contributed by atoms with van der Waals surface area (Å²) in [6, 6.07) is 4.72. The minimum absolute atomic E-state index is 0.144. The molecule has 1 aromatic rings. The lowest BCUT2D eigenvalue weighted by Gasteiger charge is -2.29. The molecule has 1 heterocycles. The van der Waals surface area contributed by atoms with Crippen LogP contribution in [0.4, 0.5) is 4.39 Å². The zero-order valence-electron chi connectivity index (χ0n) is 10.4. The first-order chi connectivity index (χ1) is 7.99. The van der Waals surface area contributed by atoms with E-state index in [0.717, 1.165) is 17.5 Å². The molecular weight excluding hydrogens is 219 g/mol. The van der Waals surface area contributed by atoms with Gasteiger partial charge in [-0.15, -0.1) is 0 Å². The number of ether oxygens (including phenoxy) is 1. The van der Waals surface area contributed by atoms with Crippen molar-refractivity contribution >= 4 is 0 Å². The Morgan fingerprint density at radius 2 is 2.29 bits per heavy atom. The minimum atomic E-state index is -0.824. The maximum atomic E-state index is 13.2. The Bertz CT molecular complexity index is 395. The lowest BCUT2D eigenvalue weighted by atomic mass is 9.82. The molecule has 0 amide bonds. The molecule has 1 N–H and O–H groups in total. The average molecular weight is 238 g/mol. The molecule has 2 unspecified atom stereocenters. The van der Waals surface area contributed by atoms with Gasteiger partial charge in [0, 0.05) is 18.9 Å². The quantitative estimate of drug-likeness (QED) is 0.876. The van der Waals surface area contributed by atoms with Crippen molar-refractivity contribution in [2.75, 3.05) is 13.2 Å². The SMILES string of the molecule is Cc1ccc(F)cc1CC(C)(O)C1CCOC1. The first kappa shape index (κ1) is 12.5. The molecule has 2 nitrogen and oxygen atoms in total. The van der Waals surface area contributed by atoms with Crippen molar-refractivity contribution in [1.29, 1.82) is 0 Å². The van der Waals surface area contributed by atoms with Crippen molar-refractivity contribution < 1.29 is 14.2 Å². The van der Waals surface area contributed by atoms with E-state index in [1.165, 1.54) is 12.1 Å². The summed E-state index contributed by atoms with van der Waals surface area (Å²) < 4.78 is 18.5. The zero-order chi connectivity index (χ0) is 12.5. The molecule has 1 aliphatic rings. The first-order valence-corrected chi connectivity index (χ1v) is 6.04. The van der Waals surface area contributed by atoms with Crippen LogP contribution in [-0.4, -0.2) is 23.9 Å². The smallest absolute Gasteiger partial charge is 0.123 e. The van der Waals surface area contributed by atoms with Crippen LogP contribution in [0.1, 0.15) is 24.5 Å². The summed E-state index contributed by atoms with van der Waals surface area (Å²) in [4.78, 5) is 0. The molecule has 2 atom stereocenters. The van der Waals surface area contributed by atoms with E-state index in [9.17, 15) is 9.50 Å². The molecule has 0 radical (unpaired) electrons. The van der Waals surface area contributed by atoms with E-state index >= 15 is 0 Å². The van der Waals surface area contributed by atoms with Gasteiger partial charge in [0.05, 0.1) is 12.2 Å². The second-order valence-electron chi connectivity index (χ2n) is 5.17. The topological polar surface area (TPSA) is 29.5 Å². The van der Waals surface area contributed by atoms with Gasteiger partial charge in [0.15, 0.2) is 0 Å². The fourth-order valence-electron chi connectivity index (χ4n) is 2.39. The molecule has 0 bridgehead atoms. The minimum Gasteiger partial charge on any atom is -0.389 e. The van der Waals surface area contributed by atoms with Gasteiger partial charge >= 0.3 is 0 Å². The van der Waals surface area contributed by atoms with E-state index in [-0.39, 0.29) is 11.7 Å². The maximum Gasteiger partial charge on any atom is 0.123 e. The second kappa shape index (κ2) is 4.75. The van der Waals surface area contributed by atoms with Crippen LogP contribution in [0.2, 0.25) is 0 Å². The average Bonchev–Trinajstić information content (AvgIpc) is 2.77. The van der Waals surface area contributed by atoms with Gasteiger partial charge in [0.1, 0.15) is 5.82 Å². The third-order valence-corrected chi connectivity index (χ3v) is 3.67. The summed E-state index contributed by atoms with van der Waals surface area (Å²) in [6.45, 7) is 5.07. The Morgan fingerprint density at radius 1 is 1.53 bits per heavy atom. The summed E-state index contributed by atoms with van der Waals surface area (Å²) in [7, 11) is 0. The van der Waals surface area contributed by atoms with E-state index in [1.807, 2.05) is 13.8 Å². The van der Waals surface area contributed by atoms with Crippen LogP contribution >= 0.6 is 0 Å². The number of aryl methyl sites for hydroxylation is 1. The molecule has 3 heteroatoms. The molecule has 0 spiro atoms. The predicted molar refractivity (Wildman–Crippen MR) is 64.4 cm³/mol. The number of rotatable bonds is 3. The van der Waals surface area contributed by atoms with Crippen LogP contribution in [0.3, 0.4) is 0 Å². The predicted octanol–water partition coefficient (Wildman–Crippen LogP) is 2.46. The van der Waals surface area contributed by atoms with Gasteiger partial charge in [-0.3, -0.25) is 0 Å². The van der Waals surface area contributed by atoms with Crippen LogP contribution in [0.25, 0.3) is 0 Å². The lowest BCUT2D eigenvalue weighted by molar-refractivity contribution is -0.00469. The molecule has 1 saturated heterocycles. The number of benzene rings is 1. The highest BCUT2D eigenvalue weighted by molar-refractivity contribution is 5.28. The molecule has 0 aromatic heterocycles. The number of hydrogen-bond acceptors (Lipinski definition) is 2. The van der Waals surface area contributed by atoms with Crippen molar-refractivity contribution in [2.45, 2.75) is 32.3 Å². The number of aliphatic hydroxyl groups is 1. The molecule has 1 fully saturated rings. The monoisotopic (exact) mass is 238 g/mol.